The van der Waals surface area contributed by atoms with Gasteiger partial charge in [0.2, 0.25) is 6.29 Å². The molecule has 364 valence electrons. The molecule has 7 fully saturated rings. The SMILES string of the molecule is C[C@@H]1O[C@@H](O[C@H]2[C@H](OC(=O)[C@]34CCC(C)(C)C[C@H]3C3=CC[C@H]5[C@@]6(C)CC[C@H](O[C@@H]7O[C@H](C(=O)O)[C@@H](O)[C@H](O)[C@H]7O)C(C)(C)[C@H]6CC[C@@]5(C)[C@]3(C)CC4)OC[C@@H](O)[C@@H]2O)[C@H](O)[C@H](O)[C@H]1O. The molecule has 5 aliphatic carbocycles. The van der Waals surface area contributed by atoms with Gasteiger partial charge in [-0.15, -0.1) is 0 Å². The van der Waals surface area contributed by atoms with Crippen molar-refractivity contribution in [2.24, 2.45) is 50.2 Å². The first-order chi connectivity index (χ1) is 29.7. The fourth-order valence-corrected chi connectivity index (χ4v) is 14.7. The summed E-state index contributed by atoms with van der Waals surface area (Å²) in [4.78, 5) is 26.9. The molecule has 8 aliphatic rings. The van der Waals surface area contributed by atoms with Gasteiger partial charge in [0.05, 0.1) is 24.2 Å². The van der Waals surface area contributed by atoms with Crippen LogP contribution < -0.4 is 0 Å². The summed E-state index contributed by atoms with van der Waals surface area (Å²) in [5.41, 5.74) is -0.692. The van der Waals surface area contributed by atoms with Gasteiger partial charge in [-0.25, -0.2) is 4.79 Å². The van der Waals surface area contributed by atoms with Gasteiger partial charge in [0.1, 0.15) is 48.8 Å². The molecule has 22 atom stereocenters. The van der Waals surface area contributed by atoms with Crippen LogP contribution in [-0.4, -0.2) is 157 Å². The van der Waals surface area contributed by atoms with E-state index in [4.69, 9.17) is 28.4 Å². The summed E-state index contributed by atoms with van der Waals surface area (Å²) in [5, 5.41) is 94.5. The molecule has 0 amide bonds. The van der Waals surface area contributed by atoms with Crippen LogP contribution in [0.15, 0.2) is 11.6 Å². The van der Waals surface area contributed by atoms with Crippen molar-refractivity contribution >= 4 is 11.9 Å². The summed E-state index contributed by atoms with van der Waals surface area (Å²) in [6, 6.07) is 0. The lowest BCUT2D eigenvalue weighted by atomic mass is 9.33. The molecule has 17 nitrogen and oxygen atoms in total. The highest BCUT2D eigenvalue weighted by atomic mass is 16.8. The Morgan fingerprint density at radius 3 is 2.00 bits per heavy atom. The molecule has 0 radical (unpaired) electrons. The lowest BCUT2D eigenvalue weighted by Crippen LogP contribution is -2.66. The molecule has 0 aromatic carbocycles. The van der Waals surface area contributed by atoms with E-state index in [9.17, 15) is 50.8 Å². The molecular weight excluding hydrogens is 836 g/mol. The third-order valence-electron chi connectivity index (χ3n) is 18.8. The van der Waals surface area contributed by atoms with E-state index in [1.165, 1.54) is 12.5 Å². The average molecular weight is 911 g/mol. The van der Waals surface area contributed by atoms with E-state index in [1.807, 2.05) is 0 Å². The van der Waals surface area contributed by atoms with Gasteiger partial charge in [0, 0.05) is 0 Å². The molecule has 3 aliphatic heterocycles. The number of rotatable bonds is 7. The number of aliphatic carboxylic acids is 1. The van der Waals surface area contributed by atoms with Crippen LogP contribution in [-0.2, 0) is 38.0 Å². The van der Waals surface area contributed by atoms with Crippen molar-refractivity contribution in [1.82, 2.24) is 0 Å². The zero-order valence-electron chi connectivity index (χ0n) is 38.5. The minimum atomic E-state index is -1.80. The molecule has 0 spiro atoms. The van der Waals surface area contributed by atoms with Crippen LogP contribution in [0.4, 0.5) is 0 Å². The second-order valence-electron chi connectivity index (χ2n) is 23.0. The highest BCUT2D eigenvalue weighted by molar-refractivity contribution is 5.79. The highest BCUT2D eigenvalue weighted by Crippen LogP contribution is 2.76. The van der Waals surface area contributed by atoms with E-state index in [0.29, 0.717) is 19.3 Å². The maximum atomic E-state index is 15.0. The lowest BCUT2D eigenvalue weighted by Gasteiger charge is -2.71. The maximum absolute atomic E-state index is 15.0. The molecule has 4 saturated carbocycles. The summed E-state index contributed by atoms with van der Waals surface area (Å²) in [7, 11) is 0. The molecule has 0 unspecified atom stereocenters. The number of hydrogen-bond donors (Lipinski definition) is 9. The number of carboxylic acid groups (broad SMARTS) is 1. The number of esters is 1. The number of aliphatic hydroxyl groups excluding tert-OH is 8. The predicted octanol–water partition coefficient (Wildman–Crippen LogP) is 1.90. The first-order valence-electron chi connectivity index (χ1n) is 23.6. The zero-order chi connectivity index (χ0) is 46.9. The van der Waals surface area contributed by atoms with Gasteiger partial charge < -0.3 is 74.4 Å². The minimum Gasteiger partial charge on any atom is -0.479 e. The number of hydrogen-bond acceptors (Lipinski definition) is 16. The minimum absolute atomic E-state index is 0.0740. The third kappa shape index (κ3) is 7.45. The summed E-state index contributed by atoms with van der Waals surface area (Å²) in [5.74, 6) is -1.63. The molecule has 9 N–H and O–H groups in total. The average Bonchev–Trinajstić information content (AvgIpc) is 3.22. The Morgan fingerprint density at radius 1 is 0.688 bits per heavy atom. The van der Waals surface area contributed by atoms with Crippen molar-refractivity contribution in [3.05, 3.63) is 11.6 Å². The fraction of sp³-hybridized carbons (Fsp3) is 0.915. The second-order valence-corrected chi connectivity index (χ2v) is 23.0. The Balaban J connectivity index is 1.05. The van der Waals surface area contributed by atoms with Gasteiger partial charge in [-0.05, 0) is 116 Å². The molecule has 8 rings (SSSR count). The third-order valence-corrected chi connectivity index (χ3v) is 18.8. The number of aliphatic hydroxyl groups is 8. The van der Waals surface area contributed by atoms with Crippen LogP contribution in [0.25, 0.3) is 0 Å². The molecule has 64 heavy (non-hydrogen) atoms. The van der Waals surface area contributed by atoms with E-state index in [-0.39, 0.29) is 46.0 Å². The van der Waals surface area contributed by atoms with E-state index in [0.717, 1.165) is 44.9 Å². The number of fused-ring (bicyclic) bond motifs is 7. The number of carbonyl (C=O) groups is 2. The smallest absolute Gasteiger partial charge is 0.335 e. The Labute approximate surface area is 375 Å². The van der Waals surface area contributed by atoms with Crippen molar-refractivity contribution < 1.29 is 84.0 Å². The van der Waals surface area contributed by atoms with Crippen LogP contribution in [0, 0.1) is 50.2 Å². The van der Waals surface area contributed by atoms with Gasteiger partial charge in [0.15, 0.2) is 24.8 Å². The Morgan fingerprint density at radius 2 is 1.33 bits per heavy atom. The Kier molecular flexibility index (Phi) is 12.7. The van der Waals surface area contributed by atoms with Crippen molar-refractivity contribution in [1.29, 1.82) is 0 Å². The largest absolute Gasteiger partial charge is 0.479 e. The van der Waals surface area contributed by atoms with Crippen LogP contribution in [0.2, 0.25) is 0 Å². The molecule has 0 aromatic rings. The van der Waals surface area contributed by atoms with Crippen LogP contribution in [0.1, 0.15) is 120 Å². The number of ether oxygens (including phenoxy) is 6. The number of allylic oxidation sites excluding steroid dienone is 2. The highest BCUT2D eigenvalue weighted by Gasteiger charge is 2.70. The Bertz CT molecular complexity index is 1810. The maximum Gasteiger partial charge on any atom is 0.335 e. The quantitative estimate of drug-likeness (QED) is 0.100. The van der Waals surface area contributed by atoms with Gasteiger partial charge in [-0.2, -0.15) is 0 Å². The first-order valence-corrected chi connectivity index (χ1v) is 23.6. The monoisotopic (exact) mass is 910 g/mol. The standard InChI is InChI=1S/C47H74O17/c1-21-28(49)30(51)33(54)38(60-21)63-36-29(50)24(48)20-59-40(36)64-41(58)47-17-15-42(2,3)19-23(47)22-9-10-26-44(6)13-12-27(61-39-34(55)31(52)32(53)35(62-39)37(56)57)43(4,5)25(44)11-14-46(26,8)45(22,7)16-18-47/h9,21,23-36,38-40,48-55H,10-20H2,1-8H3,(H,56,57)/t21-,23-,24+,25+,26-,27-,28-,29-,30+,31-,32-,33+,34+,35-,36+,38-,39+,40-,44-,45+,46+,47-/m0/s1. The summed E-state index contributed by atoms with van der Waals surface area (Å²) in [6.07, 6.45) is -12.0. The van der Waals surface area contributed by atoms with Crippen molar-refractivity contribution in [3.8, 4) is 0 Å². The van der Waals surface area contributed by atoms with Gasteiger partial charge in [-0.1, -0.05) is 60.1 Å². The predicted molar refractivity (Wildman–Crippen MR) is 223 cm³/mol. The van der Waals surface area contributed by atoms with Crippen LogP contribution >= 0.6 is 0 Å². The van der Waals surface area contributed by atoms with E-state index < -0.39 is 115 Å². The van der Waals surface area contributed by atoms with Gasteiger partial charge >= 0.3 is 11.9 Å². The Hall–Kier alpha value is -1.84. The molecule has 3 saturated heterocycles. The normalized spacial score (nSPS) is 53.3. The topological polar surface area (TPSA) is 272 Å². The molecule has 17 heteroatoms. The van der Waals surface area contributed by atoms with Crippen LogP contribution in [0.3, 0.4) is 0 Å². The first kappa shape index (κ1) is 48.6. The summed E-state index contributed by atoms with van der Waals surface area (Å²) in [6.45, 7) is 17.2. The zero-order valence-corrected chi connectivity index (χ0v) is 38.5. The fourth-order valence-electron chi connectivity index (χ4n) is 14.7. The number of carbonyl (C=O) groups excluding carboxylic acids is 1. The molecule has 0 aromatic heterocycles. The van der Waals surface area contributed by atoms with Gasteiger partial charge in [-0.3, -0.25) is 4.79 Å². The van der Waals surface area contributed by atoms with E-state index >= 15 is 4.79 Å². The second kappa shape index (κ2) is 16.7. The van der Waals surface area contributed by atoms with E-state index in [1.54, 1.807) is 0 Å². The van der Waals surface area contributed by atoms with Crippen molar-refractivity contribution in [2.75, 3.05) is 6.61 Å². The molecule has 0 bridgehead atoms. The number of carboxylic acids is 1. The van der Waals surface area contributed by atoms with Crippen molar-refractivity contribution in [2.45, 2.75) is 212 Å². The lowest BCUT2D eigenvalue weighted by molar-refractivity contribution is -0.350. The van der Waals surface area contributed by atoms with Gasteiger partial charge in [0.25, 0.3) is 0 Å². The molecule has 3 heterocycles. The molecular formula is C47H74O17. The summed E-state index contributed by atoms with van der Waals surface area (Å²) >= 11 is 0. The van der Waals surface area contributed by atoms with Crippen molar-refractivity contribution in [3.63, 3.8) is 0 Å². The summed E-state index contributed by atoms with van der Waals surface area (Å²) < 4.78 is 35.7. The van der Waals surface area contributed by atoms with Crippen LogP contribution in [0.5, 0.6) is 0 Å². The van der Waals surface area contributed by atoms with E-state index in [2.05, 4.69) is 54.5 Å².